The number of carbonyl (C=O) groups is 3. The molecule has 104 valence electrons. The van der Waals surface area contributed by atoms with Gasteiger partial charge in [0, 0.05) is 11.8 Å². The van der Waals surface area contributed by atoms with Gasteiger partial charge in [-0.1, -0.05) is 23.2 Å². The van der Waals surface area contributed by atoms with Crippen LogP contribution in [0.3, 0.4) is 0 Å². The summed E-state index contributed by atoms with van der Waals surface area (Å²) in [6.45, 7) is 2.91. The summed E-state index contributed by atoms with van der Waals surface area (Å²) in [6.07, 6.45) is 0.903. The SMILES string of the molecule is CC(=O)CC(=O)O.Cc1c(Cl)ncc(C(N)=O)c1Cl. The average Bonchev–Trinajstić information content (AvgIpc) is 2.24. The van der Waals surface area contributed by atoms with Crippen molar-refractivity contribution in [3.05, 3.63) is 27.5 Å². The van der Waals surface area contributed by atoms with Crippen molar-refractivity contribution in [2.45, 2.75) is 20.3 Å². The molecule has 8 heteroatoms. The van der Waals surface area contributed by atoms with E-state index >= 15 is 0 Å². The van der Waals surface area contributed by atoms with E-state index in [9.17, 15) is 14.4 Å². The highest BCUT2D eigenvalue weighted by Gasteiger charge is 2.11. The minimum atomic E-state index is -1.06. The number of primary amides is 1. The van der Waals surface area contributed by atoms with Gasteiger partial charge < -0.3 is 10.8 Å². The first-order valence-electron chi connectivity index (χ1n) is 4.98. The van der Waals surface area contributed by atoms with E-state index in [1.807, 2.05) is 0 Å². The van der Waals surface area contributed by atoms with Crippen molar-refractivity contribution in [3.63, 3.8) is 0 Å². The Labute approximate surface area is 119 Å². The first-order valence-corrected chi connectivity index (χ1v) is 5.74. The predicted octanol–water partition coefficient (Wildman–Crippen LogP) is 1.85. The highest BCUT2D eigenvalue weighted by atomic mass is 35.5. The quantitative estimate of drug-likeness (QED) is 0.654. The number of hydrogen-bond acceptors (Lipinski definition) is 4. The summed E-state index contributed by atoms with van der Waals surface area (Å²) in [5, 5.41) is 8.41. The lowest BCUT2D eigenvalue weighted by molar-refractivity contribution is -0.139. The third kappa shape index (κ3) is 6.17. The Kier molecular flexibility index (Phi) is 7.03. The van der Waals surface area contributed by atoms with Crippen molar-refractivity contribution >= 4 is 40.9 Å². The molecule has 0 aliphatic carbocycles. The second kappa shape index (κ2) is 7.70. The summed E-state index contributed by atoms with van der Waals surface area (Å²) in [6, 6.07) is 0. The molecule has 0 aromatic carbocycles. The zero-order valence-electron chi connectivity index (χ0n) is 10.2. The number of halogens is 2. The van der Waals surface area contributed by atoms with Crippen LogP contribution in [0.4, 0.5) is 0 Å². The minimum absolute atomic E-state index is 0.193. The van der Waals surface area contributed by atoms with Crippen LogP contribution in [0, 0.1) is 6.92 Å². The standard InChI is InChI=1S/C7H6Cl2N2O.C4H6O3/c1-3-5(8)4(7(10)12)2-11-6(3)9;1-3(5)2-4(6)7/h2H,1H3,(H2,10,12);2H2,1H3,(H,6,7). The molecule has 1 aromatic heterocycles. The summed E-state index contributed by atoms with van der Waals surface area (Å²) in [7, 11) is 0. The molecule has 3 N–H and O–H groups in total. The Bertz CT molecular complexity index is 506. The lowest BCUT2D eigenvalue weighted by atomic mass is 10.2. The van der Waals surface area contributed by atoms with Crippen molar-refractivity contribution in [2.24, 2.45) is 5.73 Å². The topological polar surface area (TPSA) is 110 Å². The van der Waals surface area contributed by atoms with Gasteiger partial charge in [-0.3, -0.25) is 14.4 Å². The maximum absolute atomic E-state index is 10.7. The maximum atomic E-state index is 10.7. The summed E-state index contributed by atoms with van der Waals surface area (Å²) in [4.78, 5) is 33.9. The minimum Gasteiger partial charge on any atom is -0.481 e. The van der Waals surface area contributed by atoms with Gasteiger partial charge in [-0.2, -0.15) is 0 Å². The fourth-order valence-electron chi connectivity index (χ4n) is 0.952. The molecule has 1 rings (SSSR count). The van der Waals surface area contributed by atoms with Crippen molar-refractivity contribution < 1.29 is 19.5 Å². The van der Waals surface area contributed by atoms with Gasteiger partial charge in [0.25, 0.3) is 5.91 Å². The van der Waals surface area contributed by atoms with Crippen LogP contribution in [0.5, 0.6) is 0 Å². The first-order chi connectivity index (χ1) is 8.66. The van der Waals surface area contributed by atoms with Gasteiger partial charge in [-0.15, -0.1) is 0 Å². The molecule has 1 amide bonds. The molecular formula is C11H12Cl2N2O4. The third-order valence-corrected chi connectivity index (χ3v) is 2.72. The molecule has 19 heavy (non-hydrogen) atoms. The Hall–Kier alpha value is -1.66. The van der Waals surface area contributed by atoms with E-state index in [1.165, 1.54) is 13.1 Å². The number of nitrogens with zero attached hydrogens (tertiary/aromatic N) is 1. The number of pyridine rings is 1. The molecule has 0 fully saturated rings. The molecule has 6 nitrogen and oxygen atoms in total. The van der Waals surface area contributed by atoms with E-state index in [0.29, 0.717) is 5.56 Å². The van der Waals surface area contributed by atoms with Gasteiger partial charge in [0.2, 0.25) is 0 Å². The van der Waals surface area contributed by atoms with E-state index < -0.39 is 11.9 Å². The van der Waals surface area contributed by atoms with Gasteiger partial charge in [0.15, 0.2) is 0 Å². The smallest absolute Gasteiger partial charge is 0.310 e. The Morgan fingerprint density at radius 2 is 1.89 bits per heavy atom. The first kappa shape index (κ1) is 17.3. The van der Waals surface area contributed by atoms with Crippen molar-refractivity contribution in [1.29, 1.82) is 0 Å². The van der Waals surface area contributed by atoms with Gasteiger partial charge in [-0.05, 0) is 13.8 Å². The van der Waals surface area contributed by atoms with Gasteiger partial charge in [-0.25, -0.2) is 4.98 Å². The zero-order chi connectivity index (χ0) is 15.2. The molecule has 1 heterocycles. The number of aliphatic carboxylic acids is 1. The molecule has 0 radical (unpaired) electrons. The van der Waals surface area contributed by atoms with E-state index in [2.05, 4.69) is 4.98 Å². The molecule has 0 aliphatic rings. The normalized spacial score (nSPS) is 9.26. The van der Waals surface area contributed by atoms with Crippen molar-refractivity contribution in [3.8, 4) is 0 Å². The average molecular weight is 307 g/mol. The molecule has 0 saturated carbocycles. The number of amides is 1. The van der Waals surface area contributed by atoms with Crippen LogP contribution in [0.2, 0.25) is 10.2 Å². The van der Waals surface area contributed by atoms with E-state index in [0.717, 1.165) is 0 Å². The van der Waals surface area contributed by atoms with Crippen LogP contribution < -0.4 is 5.73 Å². The third-order valence-electron chi connectivity index (χ3n) is 1.85. The van der Waals surface area contributed by atoms with Gasteiger partial charge >= 0.3 is 5.97 Å². The molecule has 0 spiro atoms. The number of aromatic nitrogens is 1. The van der Waals surface area contributed by atoms with Crippen molar-refractivity contribution in [2.75, 3.05) is 0 Å². The second-order valence-corrected chi connectivity index (χ2v) is 4.27. The number of nitrogens with two attached hydrogens (primary N) is 1. The van der Waals surface area contributed by atoms with E-state index in [-0.39, 0.29) is 27.9 Å². The molecule has 0 aliphatic heterocycles. The van der Waals surface area contributed by atoms with Crippen LogP contribution in [-0.2, 0) is 9.59 Å². The van der Waals surface area contributed by atoms with Crippen LogP contribution in [0.25, 0.3) is 0 Å². The number of rotatable bonds is 3. The monoisotopic (exact) mass is 306 g/mol. The fourth-order valence-corrected chi connectivity index (χ4v) is 1.38. The molecule has 0 atom stereocenters. The highest BCUT2D eigenvalue weighted by Crippen LogP contribution is 2.24. The number of ketones is 1. The van der Waals surface area contributed by atoms with Crippen LogP contribution in [0.1, 0.15) is 29.3 Å². The van der Waals surface area contributed by atoms with Crippen LogP contribution >= 0.6 is 23.2 Å². The zero-order valence-corrected chi connectivity index (χ0v) is 11.7. The van der Waals surface area contributed by atoms with Crippen LogP contribution in [-0.4, -0.2) is 27.8 Å². The predicted molar refractivity (Wildman–Crippen MR) is 70.4 cm³/mol. The number of hydrogen-bond donors (Lipinski definition) is 2. The molecule has 0 unspecified atom stereocenters. The fraction of sp³-hybridized carbons (Fsp3) is 0.273. The Morgan fingerprint density at radius 3 is 2.21 bits per heavy atom. The lowest BCUT2D eigenvalue weighted by Crippen LogP contribution is -2.12. The number of carboxylic acid groups (broad SMARTS) is 1. The molecule has 0 saturated heterocycles. The largest absolute Gasteiger partial charge is 0.481 e. The molecule has 1 aromatic rings. The van der Waals surface area contributed by atoms with Gasteiger partial charge in [0.1, 0.15) is 17.4 Å². The second-order valence-electron chi connectivity index (χ2n) is 3.54. The van der Waals surface area contributed by atoms with Crippen LogP contribution in [0.15, 0.2) is 6.20 Å². The number of Topliss-reactive ketones (excluding diaryl/α,β-unsaturated/α-hetero) is 1. The Balaban J connectivity index is 0.000000399. The molecule has 0 bridgehead atoms. The summed E-state index contributed by atoms with van der Waals surface area (Å²) in [5.74, 6) is -1.98. The highest BCUT2D eigenvalue weighted by molar-refractivity contribution is 6.37. The number of carbonyl (C=O) groups excluding carboxylic acids is 2. The summed E-state index contributed by atoms with van der Waals surface area (Å²) in [5.41, 5.74) is 5.78. The maximum Gasteiger partial charge on any atom is 0.310 e. The van der Waals surface area contributed by atoms with Crippen molar-refractivity contribution in [1.82, 2.24) is 4.98 Å². The number of carboxylic acids is 1. The summed E-state index contributed by atoms with van der Waals surface area (Å²) < 4.78 is 0. The van der Waals surface area contributed by atoms with E-state index in [4.69, 9.17) is 34.0 Å². The van der Waals surface area contributed by atoms with Gasteiger partial charge in [0.05, 0.1) is 10.6 Å². The lowest BCUT2D eigenvalue weighted by Gasteiger charge is -2.03. The Morgan fingerprint density at radius 1 is 1.37 bits per heavy atom. The summed E-state index contributed by atoms with van der Waals surface area (Å²) >= 11 is 11.4. The molecular weight excluding hydrogens is 295 g/mol. The van der Waals surface area contributed by atoms with E-state index in [1.54, 1.807) is 6.92 Å².